The second-order valence-corrected chi connectivity index (χ2v) is 9.90. The van der Waals surface area contributed by atoms with Crippen LogP contribution in [0.5, 0.6) is 0 Å². The van der Waals surface area contributed by atoms with E-state index in [1.165, 1.54) is 6.07 Å². The van der Waals surface area contributed by atoms with E-state index in [0.29, 0.717) is 0 Å². The highest BCUT2D eigenvalue weighted by molar-refractivity contribution is 7.66. The highest BCUT2D eigenvalue weighted by Crippen LogP contribution is 2.66. The van der Waals surface area contributed by atoms with Crippen LogP contribution < -0.4 is 11.4 Å². The van der Waals surface area contributed by atoms with E-state index in [-0.39, 0.29) is 5.82 Å². The van der Waals surface area contributed by atoms with E-state index in [1.54, 1.807) is 0 Å². The van der Waals surface area contributed by atoms with Crippen molar-refractivity contribution < 1.29 is 61.4 Å². The number of phosphoric ester groups is 1. The van der Waals surface area contributed by atoms with Gasteiger partial charge in [-0.05, 0) is 6.07 Å². The smallest absolute Gasteiger partial charge is 0.387 e. The second-order valence-electron chi connectivity index (χ2n) is 5.48. The van der Waals surface area contributed by atoms with Crippen LogP contribution >= 0.6 is 23.5 Å². The molecule has 0 spiro atoms. The van der Waals surface area contributed by atoms with E-state index in [0.717, 1.165) is 10.8 Å². The fourth-order valence-corrected chi connectivity index (χ4v) is 5.22. The van der Waals surface area contributed by atoms with Crippen LogP contribution in [-0.2, 0) is 31.6 Å². The van der Waals surface area contributed by atoms with Gasteiger partial charge < -0.3 is 40.3 Å². The maximum absolute atomic E-state index is 11.8. The van der Waals surface area contributed by atoms with E-state index in [1.807, 2.05) is 0 Å². The van der Waals surface area contributed by atoms with Crippen LogP contribution in [0.25, 0.3) is 0 Å². The predicted molar refractivity (Wildman–Crippen MR) is 88.6 cm³/mol. The second kappa shape index (κ2) is 8.61. The highest BCUT2D eigenvalue weighted by Gasteiger charge is 2.46. The minimum atomic E-state index is -5.71. The molecule has 17 nitrogen and oxygen atoms in total. The Balaban J connectivity index is 2.05. The van der Waals surface area contributed by atoms with E-state index in [9.17, 15) is 33.6 Å². The van der Waals surface area contributed by atoms with Gasteiger partial charge in [0.2, 0.25) is 0 Å². The number of aliphatic hydroxyl groups excluding tert-OH is 2. The minimum Gasteiger partial charge on any atom is -0.387 e. The Morgan fingerprint density at radius 3 is 2.28 bits per heavy atom. The fraction of sp³-hybridized carbons (Fsp3) is 0.556. The molecule has 0 saturated carbocycles. The Labute approximate surface area is 160 Å². The van der Waals surface area contributed by atoms with Crippen molar-refractivity contribution in [3.05, 3.63) is 22.7 Å². The molecule has 2 rings (SSSR count). The zero-order valence-corrected chi connectivity index (χ0v) is 16.6. The van der Waals surface area contributed by atoms with Crippen LogP contribution in [-0.4, -0.2) is 64.3 Å². The summed E-state index contributed by atoms with van der Waals surface area (Å²) in [6.45, 7) is -1.02. The van der Waals surface area contributed by atoms with Crippen LogP contribution in [0.2, 0.25) is 0 Å². The number of rotatable bonds is 8. The Hall–Kier alpha value is -1.03. The Morgan fingerprint density at radius 1 is 1.10 bits per heavy atom. The number of phosphoric acid groups is 3. The van der Waals surface area contributed by atoms with Crippen LogP contribution in [0.1, 0.15) is 6.23 Å². The number of nitrogens with zero attached hydrogens (tertiary/aromatic N) is 2. The van der Waals surface area contributed by atoms with Crippen LogP contribution in [0.4, 0.5) is 5.82 Å². The predicted octanol–water partition coefficient (Wildman–Crippen LogP) is -2.21. The van der Waals surface area contributed by atoms with Crippen molar-refractivity contribution in [2.24, 2.45) is 0 Å². The first-order valence-corrected chi connectivity index (χ1v) is 11.8. The van der Waals surface area contributed by atoms with Crippen molar-refractivity contribution in [1.82, 2.24) is 9.55 Å². The largest absolute Gasteiger partial charge is 0.490 e. The quantitative estimate of drug-likeness (QED) is 0.193. The molecule has 1 aromatic heterocycles. The summed E-state index contributed by atoms with van der Waals surface area (Å²) in [7, 11) is -16.7. The molecule has 20 heteroatoms. The van der Waals surface area contributed by atoms with Gasteiger partial charge in [-0.3, -0.25) is 9.09 Å². The van der Waals surface area contributed by atoms with Crippen molar-refractivity contribution in [3.63, 3.8) is 0 Å². The van der Waals surface area contributed by atoms with Crippen molar-refractivity contribution >= 4 is 29.3 Å². The molecule has 0 aromatic carbocycles. The molecule has 1 aromatic rings. The number of aliphatic hydroxyl groups is 2. The third-order valence-electron chi connectivity index (χ3n) is 3.28. The average molecular weight is 483 g/mol. The molecule has 29 heavy (non-hydrogen) atoms. The summed E-state index contributed by atoms with van der Waals surface area (Å²) in [5.41, 5.74) is 4.39. The molecule has 8 N–H and O–H groups in total. The summed E-state index contributed by atoms with van der Waals surface area (Å²) in [6.07, 6.45) is -5.38. The maximum Gasteiger partial charge on any atom is 0.490 e. The molecule has 1 saturated heterocycles. The van der Waals surface area contributed by atoms with Gasteiger partial charge in [0, 0.05) is 6.20 Å². The monoisotopic (exact) mass is 483 g/mol. The number of hydrogen-bond donors (Lipinski definition) is 7. The maximum atomic E-state index is 11.8. The number of nitrogen functional groups attached to an aromatic ring is 1. The molecule has 1 fully saturated rings. The zero-order chi connectivity index (χ0) is 22.2. The first-order valence-electron chi connectivity index (χ1n) is 7.25. The molecule has 166 valence electrons. The SMILES string of the molecule is Nc1ccn([C@@H]2O[C@@H](COP(=O)(O)OP(=O)(O)OP(=O)(O)O)[C@@H](O)[C@@H]2O)c(=O)n1. The number of anilines is 1. The van der Waals surface area contributed by atoms with Gasteiger partial charge in [0.05, 0.1) is 6.61 Å². The summed E-state index contributed by atoms with van der Waals surface area (Å²) >= 11 is 0. The fourth-order valence-electron chi connectivity index (χ4n) is 2.19. The van der Waals surface area contributed by atoms with Gasteiger partial charge >= 0.3 is 29.2 Å². The number of ether oxygens (including phenoxy) is 1. The summed E-state index contributed by atoms with van der Waals surface area (Å²) in [4.78, 5) is 50.5. The standard InChI is InChI=1S/C9H16N3O14P3/c10-5-1-2-12(9(15)11-5)8-7(14)6(13)4(24-8)3-23-28(19,20)26-29(21,22)25-27(16,17)18/h1-2,4,6-8,13-14H,3H2,(H,19,20)(H,21,22)(H2,10,11,15)(H2,16,17,18)/t4-,6+,7-,8+/m0/s1. The molecule has 1 aliphatic rings. The molecule has 2 heterocycles. The lowest BCUT2D eigenvalue weighted by Crippen LogP contribution is -2.36. The lowest BCUT2D eigenvalue weighted by atomic mass is 10.1. The summed E-state index contributed by atoms with van der Waals surface area (Å²) < 4.78 is 50.8. The average Bonchev–Trinajstić information content (AvgIpc) is 2.78. The third kappa shape index (κ3) is 6.73. The first kappa shape index (κ1) is 24.2. The van der Waals surface area contributed by atoms with Crippen LogP contribution in [0.15, 0.2) is 17.1 Å². The normalized spacial score (nSPS) is 29.3. The van der Waals surface area contributed by atoms with Crippen molar-refractivity contribution in [1.29, 1.82) is 0 Å². The van der Waals surface area contributed by atoms with Gasteiger partial charge in [-0.1, -0.05) is 0 Å². The molecule has 0 radical (unpaired) electrons. The van der Waals surface area contributed by atoms with Gasteiger partial charge in [0.25, 0.3) is 0 Å². The molecule has 0 amide bonds. The Bertz CT molecular complexity index is 946. The molecular formula is C9H16N3O14P3. The summed E-state index contributed by atoms with van der Waals surface area (Å²) in [5.74, 6) is -0.122. The van der Waals surface area contributed by atoms with E-state index in [4.69, 9.17) is 25.2 Å². The number of nitrogens with two attached hydrogens (primary N) is 1. The number of hydrogen-bond acceptors (Lipinski definition) is 12. The van der Waals surface area contributed by atoms with Gasteiger partial charge in [-0.25, -0.2) is 18.5 Å². The van der Waals surface area contributed by atoms with Crippen molar-refractivity contribution in [2.75, 3.05) is 12.3 Å². The van der Waals surface area contributed by atoms with Gasteiger partial charge in [0.1, 0.15) is 24.1 Å². The van der Waals surface area contributed by atoms with E-state index < -0.39 is 60.3 Å². The van der Waals surface area contributed by atoms with Gasteiger partial charge in [-0.2, -0.15) is 13.6 Å². The van der Waals surface area contributed by atoms with E-state index >= 15 is 0 Å². The lowest BCUT2D eigenvalue weighted by Gasteiger charge is -2.19. The summed E-state index contributed by atoms with van der Waals surface area (Å²) in [5, 5.41) is 20.0. The topological polar surface area (TPSA) is 270 Å². The van der Waals surface area contributed by atoms with Gasteiger partial charge in [-0.15, -0.1) is 0 Å². The lowest BCUT2D eigenvalue weighted by molar-refractivity contribution is -0.0541. The van der Waals surface area contributed by atoms with Crippen molar-refractivity contribution in [3.8, 4) is 0 Å². The summed E-state index contributed by atoms with van der Waals surface area (Å²) in [6, 6.07) is 1.20. The van der Waals surface area contributed by atoms with Crippen molar-refractivity contribution in [2.45, 2.75) is 24.5 Å². The van der Waals surface area contributed by atoms with E-state index in [2.05, 4.69) is 18.1 Å². The third-order valence-corrected chi connectivity index (χ3v) is 7.08. The molecule has 0 aliphatic carbocycles. The van der Waals surface area contributed by atoms with Crippen LogP contribution in [0, 0.1) is 0 Å². The Kier molecular flexibility index (Phi) is 7.20. The molecule has 2 unspecified atom stereocenters. The first-order chi connectivity index (χ1) is 13.1. The molecule has 1 aliphatic heterocycles. The zero-order valence-electron chi connectivity index (χ0n) is 13.9. The Morgan fingerprint density at radius 2 is 1.72 bits per heavy atom. The molecular weight excluding hydrogens is 467 g/mol. The van der Waals surface area contributed by atoms with Gasteiger partial charge in [0.15, 0.2) is 6.23 Å². The minimum absolute atomic E-state index is 0.122. The molecule has 0 bridgehead atoms. The number of aromatic nitrogens is 2. The molecule has 6 atom stereocenters. The van der Waals surface area contributed by atoms with Crippen LogP contribution in [0.3, 0.4) is 0 Å². The highest BCUT2D eigenvalue weighted by atomic mass is 31.3.